The number of anilines is 1. The predicted octanol–water partition coefficient (Wildman–Crippen LogP) is 1.79. The van der Waals surface area contributed by atoms with E-state index in [4.69, 9.17) is 4.74 Å². The van der Waals surface area contributed by atoms with Crippen molar-refractivity contribution >= 4 is 11.7 Å². The van der Waals surface area contributed by atoms with Crippen LogP contribution in [0.2, 0.25) is 0 Å². The summed E-state index contributed by atoms with van der Waals surface area (Å²) >= 11 is 0. The van der Waals surface area contributed by atoms with Crippen molar-refractivity contribution in [2.75, 3.05) is 44.7 Å². The van der Waals surface area contributed by atoms with Gasteiger partial charge in [0.1, 0.15) is 5.75 Å². The first-order valence-electron chi connectivity index (χ1n) is 7.63. The smallest absolute Gasteiger partial charge is 0.317 e. The van der Waals surface area contributed by atoms with Gasteiger partial charge in [-0.3, -0.25) is 0 Å². The first-order chi connectivity index (χ1) is 10.2. The van der Waals surface area contributed by atoms with Crippen molar-refractivity contribution < 1.29 is 9.53 Å². The van der Waals surface area contributed by atoms with Gasteiger partial charge in [0.2, 0.25) is 0 Å². The Hall–Kier alpha value is -1.91. The van der Waals surface area contributed by atoms with Gasteiger partial charge in [0.25, 0.3) is 0 Å². The summed E-state index contributed by atoms with van der Waals surface area (Å²) in [5.74, 6) is 2.07. The molecule has 2 aliphatic heterocycles. The van der Waals surface area contributed by atoms with Gasteiger partial charge < -0.3 is 19.9 Å². The number of benzene rings is 1. The fourth-order valence-electron chi connectivity index (χ4n) is 3.43. The van der Waals surface area contributed by atoms with E-state index in [0.29, 0.717) is 18.4 Å². The maximum Gasteiger partial charge on any atom is 0.317 e. The number of likely N-dealkylation sites (tertiary alicyclic amines) is 1. The van der Waals surface area contributed by atoms with Crippen molar-refractivity contribution in [2.45, 2.75) is 6.92 Å². The van der Waals surface area contributed by atoms with Crippen molar-refractivity contribution in [2.24, 2.45) is 11.8 Å². The number of amides is 2. The van der Waals surface area contributed by atoms with Crippen molar-refractivity contribution in [1.29, 1.82) is 0 Å². The molecule has 0 spiro atoms. The number of methoxy groups -OCH3 is 1. The molecule has 2 fully saturated rings. The summed E-state index contributed by atoms with van der Waals surface area (Å²) in [6.07, 6.45) is 0. The molecule has 3 rings (SSSR count). The Bertz CT molecular complexity index is 489. The lowest BCUT2D eigenvalue weighted by Gasteiger charge is -2.23. The summed E-state index contributed by atoms with van der Waals surface area (Å²) in [5, 5.41) is 2.89. The molecule has 5 heteroatoms. The lowest BCUT2D eigenvalue weighted by Crippen LogP contribution is -2.40. The highest BCUT2D eigenvalue weighted by molar-refractivity contribution is 5.74. The zero-order valence-electron chi connectivity index (χ0n) is 12.7. The Morgan fingerprint density at radius 2 is 1.81 bits per heavy atom. The summed E-state index contributed by atoms with van der Waals surface area (Å²) in [4.78, 5) is 16.3. The van der Waals surface area contributed by atoms with E-state index in [9.17, 15) is 4.79 Å². The van der Waals surface area contributed by atoms with Crippen LogP contribution in [0.3, 0.4) is 0 Å². The van der Waals surface area contributed by atoms with Gasteiger partial charge in [-0.05, 0) is 31.2 Å². The van der Waals surface area contributed by atoms with Crippen LogP contribution in [0, 0.1) is 11.8 Å². The number of fused-ring (bicyclic) bond motifs is 1. The fraction of sp³-hybridized carbons (Fsp3) is 0.562. The molecule has 1 aromatic rings. The van der Waals surface area contributed by atoms with Crippen LogP contribution in [0.1, 0.15) is 6.92 Å². The average Bonchev–Trinajstić information content (AvgIpc) is 3.06. The van der Waals surface area contributed by atoms with Gasteiger partial charge in [0, 0.05) is 50.2 Å². The lowest BCUT2D eigenvalue weighted by atomic mass is 10.0. The number of nitrogens with zero attached hydrogens (tertiary/aromatic N) is 2. The average molecular weight is 289 g/mol. The number of urea groups is 1. The predicted molar refractivity (Wildman–Crippen MR) is 82.8 cm³/mol. The quantitative estimate of drug-likeness (QED) is 0.923. The SMILES string of the molecule is CCNC(=O)N1CC2CN(c3ccc(OC)cc3)CC2C1. The molecule has 1 aromatic carbocycles. The molecule has 0 aliphatic carbocycles. The minimum Gasteiger partial charge on any atom is -0.497 e. The zero-order chi connectivity index (χ0) is 14.8. The zero-order valence-corrected chi connectivity index (χ0v) is 12.7. The number of hydrogen-bond acceptors (Lipinski definition) is 3. The molecule has 0 aromatic heterocycles. The summed E-state index contributed by atoms with van der Waals surface area (Å²) in [6.45, 7) is 6.48. The monoisotopic (exact) mass is 289 g/mol. The Labute approximate surface area is 125 Å². The normalized spacial score (nSPS) is 24.1. The molecule has 2 heterocycles. The Balaban J connectivity index is 1.59. The van der Waals surface area contributed by atoms with Crippen molar-refractivity contribution in [3.8, 4) is 5.75 Å². The van der Waals surface area contributed by atoms with Gasteiger partial charge in [-0.15, -0.1) is 0 Å². The van der Waals surface area contributed by atoms with Crippen molar-refractivity contribution in [3.63, 3.8) is 0 Å². The topological polar surface area (TPSA) is 44.8 Å². The number of nitrogens with one attached hydrogen (secondary N) is 1. The van der Waals surface area contributed by atoms with E-state index in [1.165, 1.54) is 5.69 Å². The number of rotatable bonds is 3. The second kappa shape index (κ2) is 5.84. The molecule has 2 unspecified atom stereocenters. The summed E-state index contributed by atoms with van der Waals surface area (Å²) in [5.41, 5.74) is 1.25. The number of hydrogen-bond donors (Lipinski definition) is 1. The van der Waals surface area contributed by atoms with Crippen LogP contribution >= 0.6 is 0 Å². The van der Waals surface area contributed by atoms with Crippen LogP contribution in [-0.2, 0) is 0 Å². The number of carbonyl (C=O) groups is 1. The van der Waals surface area contributed by atoms with Gasteiger partial charge >= 0.3 is 6.03 Å². The lowest BCUT2D eigenvalue weighted by molar-refractivity contribution is 0.206. The third-order valence-electron chi connectivity index (χ3n) is 4.54. The molecule has 114 valence electrons. The number of ether oxygens (including phenoxy) is 1. The maximum absolute atomic E-state index is 11.9. The molecular formula is C16H23N3O2. The maximum atomic E-state index is 11.9. The van der Waals surface area contributed by atoms with E-state index in [2.05, 4.69) is 22.3 Å². The van der Waals surface area contributed by atoms with E-state index in [-0.39, 0.29) is 6.03 Å². The first-order valence-corrected chi connectivity index (χ1v) is 7.63. The highest BCUT2D eigenvalue weighted by Gasteiger charge is 2.41. The van der Waals surface area contributed by atoms with Gasteiger partial charge in [-0.25, -0.2) is 4.79 Å². The van der Waals surface area contributed by atoms with Crippen LogP contribution in [0.25, 0.3) is 0 Å². The van der Waals surface area contributed by atoms with Crippen LogP contribution in [0.5, 0.6) is 5.75 Å². The molecule has 2 atom stereocenters. The van der Waals surface area contributed by atoms with Crippen LogP contribution in [0.15, 0.2) is 24.3 Å². The highest BCUT2D eigenvalue weighted by Crippen LogP contribution is 2.34. The first kappa shape index (κ1) is 14.0. The molecular weight excluding hydrogens is 266 g/mol. The Morgan fingerprint density at radius 3 is 2.33 bits per heavy atom. The van der Waals surface area contributed by atoms with Gasteiger partial charge in [-0.2, -0.15) is 0 Å². The molecule has 2 saturated heterocycles. The molecule has 5 nitrogen and oxygen atoms in total. The Kier molecular flexibility index (Phi) is 3.90. The van der Waals surface area contributed by atoms with Gasteiger partial charge in [0.05, 0.1) is 7.11 Å². The third kappa shape index (κ3) is 2.77. The van der Waals surface area contributed by atoms with Crippen LogP contribution < -0.4 is 15.0 Å². The molecule has 0 saturated carbocycles. The summed E-state index contributed by atoms with van der Waals surface area (Å²) in [6, 6.07) is 8.32. The number of carbonyl (C=O) groups excluding carboxylic acids is 1. The van der Waals surface area contributed by atoms with E-state index in [1.807, 2.05) is 24.0 Å². The second-order valence-electron chi connectivity index (χ2n) is 5.86. The van der Waals surface area contributed by atoms with Crippen LogP contribution in [0.4, 0.5) is 10.5 Å². The standard InChI is InChI=1S/C16H23N3O2/c1-3-17-16(20)19-10-12-8-18(9-13(12)11-19)14-4-6-15(21-2)7-5-14/h4-7,12-13H,3,8-11H2,1-2H3,(H,17,20). The van der Waals surface area contributed by atoms with E-state index >= 15 is 0 Å². The minimum absolute atomic E-state index is 0.0860. The van der Waals surface area contributed by atoms with E-state index in [1.54, 1.807) is 7.11 Å². The summed E-state index contributed by atoms with van der Waals surface area (Å²) in [7, 11) is 1.69. The molecule has 0 bridgehead atoms. The molecule has 0 radical (unpaired) electrons. The van der Waals surface area contributed by atoms with E-state index < -0.39 is 0 Å². The van der Waals surface area contributed by atoms with Crippen LogP contribution in [-0.4, -0.2) is 50.8 Å². The highest BCUT2D eigenvalue weighted by atomic mass is 16.5. The fourth-order valence-corrected chi connectivity index (χ4v) is 3.43. The van der Waals surface area contributed by atoms with Crippen molar-refractivity contribution in [3.05, 3.63) is 24.3 Å². The van der Waals surface area contributed by atoms with Gasteiger partial charge in [-0.1, -0.05) is 0 Å². The largest absolute Gasteiger partial charge is 0.497 e. The van der Waals surface area contributed by atoms with Crippen molar-refractivity contribution in [1.82, 2.24) is 10.2 Å². The molecule has 2 amide bonds. The van der Waals surface area contributed by atoms with E-state index in [0.717, 1.165) is 31.9 Å². The Morgan fingerprint density at radius 1 is 1.19 bits per heavy atom. The second-order valence-corrected chi connectivity index (χ2v) is 5.86. The third-order valence-corrected chi connectivity index (χ3v) is 4.54. The molecule has 2 aliphatic rings. The summed E-state index contributed by atoms with van der Waals surface area (Å²) < 4.78 is 5.20. The minimum atomic E-state index is 0.0860. The van der Waals surface area contributed by atoms with Gasteiger partial charge in [0.15, 0.2) is 0 Å². The molecule has 1 N–H and O–H groups in total. The molecule has 21 heavy (non-hydrogen) atoms.